The van der Waals surface area contributed by atoms with E-state index in [0.717, 1.165) is 32.2 Å². The minimum Gasteiger partial charge on any atom is -0.351 e. The van der Waals surface area contributed by atoms with Gasteiger partial charge in [-0.1, -0.05) is 73.9 Å². The Kier molecular flexibility index (Phi) is 6.11. The monoisotopic (exact) mass is 376 g/mol. The normalized spacial score (nSPS) is 19.4. The van der Waals surface area contributed by atoms with Crippen LogP contribution >= 0.6 is 0 Å². The molecule has 2 aromatic carbocycles. The van der Waals surface area contributed by atoms with E-state index < -0.39 is 0 Å². The van der Waals surface area contributed by atoms with E-state index in [9.17, 15) is 4.79 Å². The maximum atomic E-state index is 13.3. The Morgan fingerprint density at radius 3 is 2.18 bits per heavy atom. The molecule has 1 amide bonds. The van der Waals surface area contributed by atoms with E-state index in [2.05, 4.69) is 58.7 Å². The van der Waals surface area contributed by atoms with Gasteiger partial charge < -0.3 is 5.32 Å². The number of carbonyl (C=O) groups is 1. The molecule has 3 heteroatoms. The number of carbonyl (C=O) groups excluding carboxylic acids is 1. The zero-order valence-electron chi connectivity index (χ0n) is 16.8. The highest BCUT2D eigenvalue weighted by molar-refractivity contribution is 5.88. The second-order valence-electron chi connectivity index (χ2n) is 8.44. The van der Waals surface area contributed by atoms with E-state index in [1.54, 1.807) is 0 Å². The Hall–Kier alpha value is -2.13. The Balaban J connectivity index is 1.46. The molecule has 1 heterocycles. The lowest BCUT2D eigenvalue weighted by Gasteiger charge is -2.29. The van der Waals surface area contributed by atoms with Gasteiger partial charge in [0.1, 0.15) is 0 Å². The highest BCUT2D eigenvalue weighted by Crippen LogP contribution is 2.41. The maximum absolute atomic E-state index is 13.3. The van der Waals surface area contributed by atoms with Gasteiger partial charge in [0.15, 0.2) is 0 Å². The van der Waals surface area contributed by atoms with E-state index >= 15 is 0 Å². The van der Waals surface area contributed by atoms with Crippen molar-refractivity contribution < 1.29 is 4.79 Å². The highest BCUT2D eigenvalue weighted by Gasteiger charge is 2.42. The van der Waals surface area contributed by atoms with E-state index in [1.165, 1.54) is 49.0 Å². The van der Waals surface area contributed by atoms with Crippen molar-refractivity contribution in [3.05, 3.63) is 71.3 Å². The molecule has 1 aliphatic heterocycles. The second kappa shape index (κ2) is 8.91. The van der Waals surface area contributed by atoms with Gasteiger partial charge in [-0.05, 0) is 55.5 Å². The lowest BCUT2D eigenvalue weighted by molar-refractivity contribution is -0.126. The summed E-state index contributed by atoms with van der Waals surface area (Å²) in [6, 6.07) is 19.0. The number of amides is 1. The minimum atomic E-state index is -0.344. The molecule has 2 aliphatic rings. The topological polar surface area (TPSA) is 32.3 Å². The first-order valence-electron chi connectivity index (χ1n) is 10.9. The quantitative estimate of drug-likeness (QED) is 0.785. The molecule has 0 atom stereocenters. The first kappa shape index (κ1) is 19.2. The predicted octanol–water partition coefficient (Wildman–Crippen LogP) is 4.80. The summed E-state index contributed by atoms with van der Waals surface area (Å²) in [5.74, 6) is 0.198. The van der Waals surface area contributed by atoms with Crippen LogP contribution in [-0.4, -0.2) is 23.9 Å². The number of likely N-dealkylation sites (tertiary alicyclic amines) is 1. The van der Waals surface area contributed by atoms with Gasteiger partial charge in [-0.25, -0.2) is 0 Å². The highest BCUT2D eigenvalue weighted by atomic mass is 16.2. The standard InChI is InChI=1S/C25H32N2O/c28-24(25(15-7-8-16-25)23-13-3-1-4-14-23)26-19-21-11-5-6-12-22(21)20-27-17-9-2-10-18-27/h1,3-6,11-14H,2,7-10,15-20H2,(H,26,28). The van der Waals surface area contributed by atoms with E-state index in [0.29, 0.717) is 6.54 Å². The molecular formula is C25H32N2O. The third-order valence-corrected chi connectivity index (χ3v) is 6.62. The number of piperidine rings is 1. The van der Waals surface area contributed by atoms with Crippen LogP contribution in [0.3, 0.4) is 0 Å². The summed E-state index contributed by atoms with van der Waals surface area (Å²) in [5.41, 5.74) is 3.43. The molecule has 2 aromatic rings. The SMILES string of the molecule is O=C(NCc1ccccc1CN1CCCCC1)C1(c2ccccc2)CCCC1. The molecule has 1 N–H and O–H groups in total. The van der Waals surface area contributed by atoms with E-state index in [1.807, 2.05) is 6.07 Å². The fourth-order valence-corrected chi connectivity index (χ4v) is 4.97. The molecule has 0 radical (unpaired) electrons. The molecular weight excluding hydrogens is 344 g/mol. The van der Waals surface area contributed by atoms with E-state index in [4.69, 9.17) is 0 Å². The lowest BCUT2D eigenvalue weighted by atomic mass is 9.78. The van der Waals surface area contributed by atoms with Crippen LogP contribution in [0.2, 0.25) is 0 Å². The molecule has 4 rings (SSSR count). The third kappa shape index (κ3) is 4.15. The van der Waals surface area contributed by atoms with Gasteiger partial charge in [0, 0.05) is 13.1 Å². The smallest absolute Gasteiger partial charge is 0.230 e. The maximum Gasteiger partial charge on any atom is 0.230 e. The van der Waals surface area contributed by atoms with Crippen LogP contribution in [0.25, 0.3) is 0 Å². The summed E-state index contributed by atoms with van der Waals surface area (Å²) in [6.45, 7) is 4.00. The Labute approximate surface area is 169 Å². The second-order valence-corrected chi connectivity index (χ2v) is 8.44. The molecule has 1 aliphatic carbocycles. The van der Waals surface area contributed by atoms with Gasteiger partial charge in [-0.2, -0.15) is 0 Å². The van der Waals surface area contributed by atoms with Crippen molar-refractivity contribution in [1.82, 2.24) is 10.2 Å². The fraction of sp³-hybridized carbons (Fsp3) is 0.480. The van der Waals surface area contributed by atoms with E-state index in [-0.39, 0.29) is 11.3 Å². The van der Waals surface area contributed by atoms with Gasteiger partial charge in [0.2, 0.25) is 5.91 Å². The molecule has 0 aromatic heterocycles. The number of hydrogen-bond donors (Lipinski definition) is 1. The van der Waals surface area contributed by atoms with Crippen LogP contribution < -0.4 is 5.32 Å². The van der Waals surface area contributed by atoms with Crippen LogP contribution in [0.5, 0.6) is 0 Å². The van der Waals surface area contributed by atoms with Gasteiger partial charge in [0.25, 0.3) is 0 Å². The summed E-state index contributed by atoms with van der Waals surface area (Å²) in [5, 5.41) is 3.30. The van der Waals surface area contributed by atoms with Crippen LogP contribution in [0, 0.1) is 0 Å². The number of nitrogens with one attached hydrogen (secondary N) is 1. The third-order valence-electron chi connectivity index (χ3n) is 6.62. The zero-order valence-corrected chi connectivity index (χ0v) is 16.8. The van der Waals surface area contributed by atoms with Gasteiger partial charge in [-0.3, -0.25) is 9.69 Å². The number of nitrogens with zero attached hydrogens (tertiary/aromatic N) is 1. The zero-order chi connectivity index (χ0) is 19.2. The van der Waals surface area contributed by atoms with Crippen molar-refractivity contribution in [2.75, 3.05) is 13.1 Å². The van der Waals surface area contributed by atoms with Gasteiger partial charge >= 0.3 is 0 Å². The summed E-state index contributed by atoms with van der Waals surface area (Å²) < 4.78 is 0. The van der Waals surface area contributed by atoms with Gasteiger partial charge in [0.05, 0.1) is 5.41 Å². The molecule has 0 unspecified atom stereocenters. The van der Waals surface area contributed by atoms with Crippen molar-refractivity contribution in [2.24, 2.45) is 0 Å². The molecule has 28 heavy (non-hydrogen) atoms. The first-order chi connectivity index (χ1) is 13.8. The van der Waals surface area contributed by atoms with Crippen molar-refractivity contribution >= 4 is 5.91 Å². The predicted molar refractivity (Wildman–Crippen MR) is 114 cm³/mol. The Morgan fingerprint density at radius 1 is 0.821 bits per heavy atom. The van der Waals surface area contributed by atoms with Crippen LogP contribution in [0.4, 0.5) is 0 Å². The van der Waals surface area contributed by atoms with Crippen molar-refractivity contribution in [3.8, 4) is 0 Å². The number of hydrogen-bond acceptors (Lipinski definition) is 2. The molecule has 2 fully saturated rings. The van der Waals surface area contributed by atoms with Crippen molar-refractivity contribution in [1.29, 1.82) is 0 Å². The van der Waals surface area contributed by atoms with Crippen molar-refractivity contribution in [2.45, 2.75) is 63.5 Å². The Morgan fingerprint density at radius 2 is 1.46 bits per heavy atom. The lowest BCUT2D eigenvalue weighted by Crippen LogP contribution is -2.42. The average Bonchev–Trinajstić information content (AvgIpc) is 3.26. The number of benzene rings is 2. The fourth-order valence-electron chi connectivity index (χ4n) is 4.97. The minimum absolute atomic E-state index is 0.198. The van der Waals surface area contributed by atoms with Crippen LogP contribution in [0.1, 0.15) is 61.6 Å². The molecule has 1 saturated carbocycles. The Bertz CT molecular complexity index is 774. The summed E-state index contributed by atoms with van der Waals surface area (Å²) in [7, 11) is 0. The first-order valence-corrected chi connectivity index (χ1v) is 10.9. The largest absolute Gasteiger partial charge is 0.351 e. The van der Waals surface area contributed by atoms with Crippen molar-refractivity contribution in [3.63, 3.8) is 0 Å². The van der Waals surface area contributed by atoms with Crippen LogP contribution in [0.15, 0.2) is 54.6 Å². The molecule has 0 bridgehead atoms. The molecule has 1 saturated heterocycles. The molecule has 148 valence electrons. The van der Waals surface area contributed by atoms with Gasteiger partial charge in [-0.15, -0.1) is 0 Å². The average molecular weight is 377 g/mol. The summed E-state index contributed by atoms with van der Waals surface area (Å²) >= 11 is 0. The van der Waals surface area contributed by atoms with Crippen LogP contribution in [-0.2, 0) is 23.3 Å². The summed E-state index contributed by atoms with van der Waals surface area (Å²) in [4.78, 5) is 15.9. The number of rotatable bonds is 6. The molecule has 3 nitrogen and oxygen atoms in total. The molecule has 0 spiro atoms. The summed E-state index contributed by atoms with van der Waals surface area (Å²) in [6.07, 6.45) is 8.14.